The molecular weight excluding hydrogens is 326 g/mol. The lowest BCUT2D eigenvalue weighted by Gasteiger charge is -2.21. The van der Waals surface area contributed by atoms with E-state index in [4.69, 9.17) is 0 Å². The van der Waals surface area contributed by atoms with Crippen molar-refractivity contribution in [1.29, 1.82) is 0 Å². The molecule has 0 saturated heterocycles. The molecule has 0 aliphatic rings. The van der Waals surface area contributed by atoms with Gasteiger partial charge in [-0.1, -0.05) is 19.8 Å². The van der Waals surface area contributed by atoms with E-state index in [0.29, 0.717) is 11.5 Å². The van der Waals surface area contributed by atoms with Gasteiger partial charge in [-0.05, 0) is 44.5 Å². The van der Waals surface area contributed by atoms with Gasteiger partial charge in [0.15, 0.2) is 0 Å². The Morgan fingerprint density at radius 3 is 2.31 bits per heavy atom. The minimum absolute atomic E-state index is 0.259. The molecule has 2 aromatic rings. The van der Waals surface area contributed by atoms with Gasteiger partial charge in [-0.25, -0.2) is 9.97 Å². The molecule has 6 heteroatoms. The molecule has 1 heterocycles. The predicted molar refractivity (Wildman–Crippen MR) is 108 cm³/mol. The largest absolute Gasteiger partial charge is 0.372 e. The fraction of sp³-hybridized carbons (Fsp3) is 0.450. The third kappa shape index (κ3) is 5.72. The summed E-state index contributed by atoms with van der Waals surface area (Å²) in [7, 11) is 0. The van der Waals surface area contributed by atoms with Gasteiger partial charge in [-0.15, -0.1) is 0 Å². The Bertz CT molecular complexity index is 666. The van der Waals surface area contributed by atoms with Gasteiger partial charge in [-0.2, -0.15) is 0 Å². The Balaban J connectivity index is 1.90. The van der Waals surface area contributed by atoms with Crippen LogP contribution in [0, 0.1) is 0 Å². The second-order valence-corrected chi connectivity index (χ2v) is 6.09. The summed E-state index contributed by atoms with van der Waals surface area (Å²) in [5.41, 5.74) is 2.19. The number of nitrogens with zero attached hydrogens (tertiary/aromatic N) is 3. The number of benzene rings is 1. The molecule has 0 radical (unpaired) electrons. The topological polar surface area (TPSA) is 70.2 Å². The molecule has 1 aromatic carbocycles. The Morgan fingerprint density at radius 1 is 1.00 bits per heavy atom. The van der Waals surface area contributed by atoms with E-state index in [9.17, 15) is 4.79 Å². The number of rotatable bonds is 10. The zero-order chi connectivity index (χ0) is 18.8. The van der Waals surface area contributed by atoms with Crippen molar-refractivity contribution in [3.8, 4) is 0 Å². The third-order valence-corrected chi connectivity index (χ3v) is 4.22. The molecule has 1 aromatic heterocycles. The first-order chi connectivity index (χ1) is 12.7. The Labute approximate surface area is 156 Å². The average molecular weight is 355 g/mol. The molecule has 140 valence electrons. The summed E-state index contributed by atoms with van der Waals surface area (Å²) >= 11 is 0. The van der Waals surface area contributed by atoms with Crippen LogP contribution >= 0.6 is 0 Å². The van der Waals surface area contributed by atoms with Gasteiger partial charge in [0.2, 0.25) is 0 Å². The molecule has 0 aliphatic heterocycles. The molecule has 2 N–H and O–H groups in total. The van der Waals surface area contributed by atoms with E-state index in [1.165, 1.54) is 19.0 Å². The predicted octanol–water partition coefficient (Wildman–Crippen LogP) is 4.18. The van der Waals surface area contributed by atoms with Crippen LogP contribution in [0.5, 0.6) is 0 Å². The van der Waals surface area contributed by atoms with Crippen molar-refractivity contribution < 1.29 is 4.79 Å². The SMILES string of the molecule is CCCCCNc1cnc(C(=O)Nc2ccc(N(CC)CC)cc2)cn1. The highest BCUT2D eigenvalue weighted by atomic mass is 16.1. The number of carbonyl (C=O) groups excluding carboxylic acids is 1. The van der Waals surface area contributed by atoms with Crippen LogP contribution in [0.2, 0.25) is 0 Å². The van der Waals surface area contributed by atoms with E-state index in [-0.39, 0.29) is 5.91 Å². The van der Waals surface area contributed by atoms with Gasteiger partial charge in [-0.3, -0.25) is 4.79 Å². The van der Waals surface area contributed by atoms with Crippen LogP contribution in [-0.4, -0.2) is 35.5 Å². The van der Waals surface area contributed by atoms with Crippen LogP contribution in [0.1, 0.15) is 50.5 Å². The van der Waals surface area contributed by atoms with Crippen molar-refractivity contribution in [2.45, 2.75) is 40.0 Å². The van der Waals surface area contributed by atoms with Crippen molar-refractivity contribution in [1.82, 2.24) is 9.97 Å². The van der Waals surface area contributed by atoms with Gasteiger partial charge in [0.05, 0.1) is 12.4 Å². The third-order valence-electron chi connectivity index (χ3n) is 4.22. The van der Waals surface area contributed by atoms with E-state index >= 15 is 0 Å². The average Bonchev–Trinajstić information content (AvgIpc) is 2.68. The van der Waals surface area contributed by atoms with Crippen LogP contribution in [-0.2, 0) is 0 Å². The van der Waals surface area contributed by atoms with Crippen LogP contribution in [0.4, 0.5) is 17.2 Å². The molecule has 26 heavy (non-hydrogen) atoms. The summed E-state index contributed by atoms with van der Waals surface area (Å²) < 4.78 is 0. The molecule has 0 fully saturated rings. The number of nitrogens with one attached hydrogen (secondary N) is 2. The van der Waals surface area contributed by atoms with Gasteiger partial charge >= 0.3 is 0 Å². The quantitative estimate of drug-likeness (QED) is 0.626. The zero-order valence-corrected chi connectivity index (χ0v) is 16.0. The van der Waals surface area contributed by atoms with Crippen molar-refractivity contribution in [3.63, 3.8) is 0 Å². The van der Waals surface area contributed by atoms with Crippen molar-refractivity contribution >= 4 is 23.1 Å². The number of amides is 1. The lowest BCUT2D eigenvalue weighted by molar-refractivity contribution is 0.102. The molecule has 0 atom stereocenters. The molecule has 0 saturated carbocycles. The van der Waals surface area contributed by atoms with Crippen LogP contribution in [0.3, 0.4) is 0 Å². The molecule has 0 spiro atoms. The van der Waals surface area contributed by atoms with Gasteiger partial charge < -0.3 is 15.5 Å². The summed E-state index contributed by atoms with van der Waals surface area (Å²) in [6.07, 6.45) is 6.58. The number of anilines is 3. The Kier molecular flexibility index (Phi) is 7.86. The molecule has 6 nitrogen and oxygen atoms in total. The Morgan fingerprint density at radius 2 is 1.73 bits per heavy atom. The lowest BCUT2D eigenvalue weighted by Crippen LogP contribution is -2.21. The second kappa shape index (κ2) is 10.4. The maximum Gasteiger partial charge on any atom is 0.275 e. The van der Waals surface area contributed by atoms with E-state index in [0.717, 1.165) is 37.4 Å². The maximum atomic E-state index is 12.3. The summed E-state index contributed by atoms with van der Waals surface area (Å²) in [4.78, 5) is 23.0. The zero-order valence-electron chi connectivity index (χ0n) is 16.0. The molecule has 0 aliphatic carbocycles. The highest BCUT2D eigenvalue weighted by Gasteiger charge is 2.09. The maximum absolute atomic E-state index is 12.3. The monoisotopic (exact) mass is 355 g/mol. The van der Waals surface area contributed by atoms with E-state index < -0.39 is 0 Å². The lowest BCUT2D eigenvalue weighted by atomic mass is 10.2. The number of aromatic nitrogens is 2. The first kappa shape index (κ1) is 19.7. The fourth-order valence-electron chi connectivity index (χ4n) is 2.67. The normalized spacial score (nSPS) is 10.4. The van der Waals surface area contributed by atoms with Crippen molar-refractivity contribution in [2.24, 2.45) is 0 Å². The van der Waals surface area contributed by atoms with E-state index in [1.54, 1.807) is 6.20 Å². The van der Waals surface area contributed by atoms with Crippen LogP contribution < -0.4 is 15.5 Å². The smallest absolute Gasteiger partial charge is 0.275 e. The van der Waals surface area contributed by atoms with Crippen molar-refractivity contribution in [3.05, 3.63) is 42.4 Å². The number of hydrogen-bond acceptors (Lipinski definition) is 5. The number of unbranched alkanes of at least 4 members (excludes halogenated alkanes) is 2. The Hall–Kier alpha value is -2.63. The summed E-state index contributed by atoms with van der Waals surface area (Å²) in [5, 5.41) is 6.07. The highest BCUT2D eigenvalue weighted by molar-refractivity contribution is 6.02. The van der Waals surface area contributed by atoms with Gasteiger partial charge in [0, 0.05) is 31.0 Å². The standard InChI is InChI=1S/C20H29N5O/c1-4-7-8-13-21-19-15-22-18(14-23-19)20(26)24-16-9-11-17(12-10-16)25(5-2)6-3/h9-12,14-15H,4-8,13H2,1-3H3,(H,21,23)(H,24,26). The molecular formula is C20H29N5O. The number of carbonyl (C=O) groups is 1. The first-order valence-electron chi connectivity index (χ1n) is 9.40. The van der Waals surface area contributed by atoms with E-state index in [2.05, 4.69) is 46.3 Å². The summed E-state index contributed by atoms with van der Waals surface area (Å²) in [6, 6.07) is 7.83. The van der Waals surface area contributed by atoms with Gasteiger partial charge in [0.25, 0.3) is 5.91 Å². The van der Waals surface area contributed by atoms with Crippen molar-refractivity contribution in [2.75, 3.05) is 35.2 Å². The minimum Gasteiger partial charge on any atom is -0.372 e. The molecule has 1 amide bonds. The minimum atomic E-state index is -0.259. The summed E-state index contributed by atoms with van der Waals surface area (Å²) in [5.74, 6) is 0.437. The molecule has 0 unspecified atom stereocenters. The van der Waals surface area contributed by atoms with E-state index in [1.807, 2.05) is 24.3 Å². The fourth-order valence-corrected chi connectivity index (χ4v) is 2.67. The van der Waals surface area contributed by atoms with Crippen LogP contribution in [0.15, 0.2) is 36.7 Å². The molecule has 0 bridgehead atoms. The highest BCUT2D eigenvalue weighted by Crippen LogP contribution is 2.18. The van der Waals surface area contributed by atoms with Crippen LogP contribution in [0.25, 0.3) is 0 Å². The first-order valence-corrected chi connectivity index (χ1v) is 9.40. The van der Waals surface area contributed by atoms with Gasteiger partial charge in [0.1, 0.15) is 11.5 Å². The summed E-state index contributed by atoms with van der Waals surface area (Å²) in [6.45, 7) is 9.20. The molecule has 2 rings (SSSR count). The second-order valence-electron chi connectivity index (χ2n) is 6.09. The number of hydrogen-bond donors (Lipinski definition) is 2.